The molecule has 3 heterocycles. The zero-order chi connectivity index (χ0) is 16.3. The van der Waals surface area contributed by atoms with E-state index in [1.54, 1.807) is 5.57 Å². The minimum absolute atomic E-state index is 0.535. The van der Waals surface area contributed by atoms with Crippen LogP contribution in [0, 0.1) is 12.8 Å². The summed E-state index contributed by atoms with van der Waals surface area (Å²) < 4.78 is 1.82. The van der Waals surface area contributed by atoms with Crippen molar-refractivity contribution in [3.63, 3.8) is 0 Å². The number of rotatable bonds is 2. The summed E-state index contributed by atoms with van der Waals surface area (Å²) in [6, 6.07) is 4.58. The summed E-state index contributed by atoms with van der Waals surface area (Å²) in [5, 5.41) is 16.7. The molecule has 3 aromatic rings. The molecule has 24 heavy (non-hydrogen) atoms. The van der Waals surface area contributed by atoms with E-state index in [0.717, 1.165) is 35.8 Å². The van der Waals surface area contributed by atoms with Crippen molar-refractivity contribution in [1.82, 2.24) is 25.3 Å². The molecule has 122 valence electrons. The van der Waals surface area contributed by atoms with E-state index in [-0.39, 0.29) is 0 Å². The van der Waals surface area contributed by atoms with Gasteiger partial charge in [0.05, 0.1) is 11.7 Å². The zero-order valence-electron chi connectivity index (χ0n) is 14.0. The minimum Gasteiger partial charge on any atom is -0.312 e. The van der Waals surface area contributed by atoms with Gasteiger partial charge in [-0.25, -0.2) is 0 Å². The van der Waals surface area contributed by atoms with Crippen LogP contribution in [0.15, 0.2) is 36.2 Å². The van der Waals surface area contributed by atoms with Crippen LogP contribution in [-0.2, 0) is 7.05 Å². The molecule has 1 fully saturated rings. The molecular formula is C19H21N5. The van der Waals surface area contributed by atoms with Gasteiger partial charge < -0.3 is 5.32 Å². The number of nitrogens with one attached hydrogen (secondary N) is 2. The Morgan fingerprint density at radius 1 is 1.29 bits per heavy atom. The van der Waals surface area contributed by atoms with Gasteiger partial charge >= 0.3 is 0 Å². The highest BCUT2D eigenvalue weighted by Gasteiger charge is 2.31. The van der Waals surface area contributed by atoms with Gasteiger partial charge in [0.15, 0.2) is 0 Å². The van der Waals surface area contributed by atoms with E-state index in [0.29, 0.717) is 5.92 Å². The molecular weight excluding hydrogens is 298 g/mol. The lowest BCUT2D eigenvalue weighted by molar-refractivity contribution is 0.595. The first kappa shape index (κ1) is 14.0. The maximum absolute atomic E-state index is 4.54. The summed E-state index contributed by atoms with van der Waals surface area (Å²) >= 11 is 0. The molecule has 1 saturated heterocycles. The van der Waals surface area contributed by atoms with Crippen molar-refractivity contribution in [2.45, 2.75) is 19.3 Å². The third kappa shape index (κ3) is 2.04. The third-order valence-corrected chi connectivity index (χ3v) is 5.53. The summed E-state index contributed by atoms with van der Waals surface area (Å²) in [5.41, 5.74) is 7.53. The normalized spacial score (nSPS) is 23.0. The van der Waals surface area contributed by atoms with E-state index in [9.17, 15) is 0 Å². The molecule has 1 aromatic carbocycles. The van der Waals surface area contributed by atoms with Gasteiger partial charge in [0.25, 0.3) is 0 Å². The van der Waals surface area contributed by atoms with Crippen molar-refractivity contribution in [1.29, 1.82) is 0 Å². The van der Waals surface area contributed by atoms with Gasteiger partial charge in [-0.15, -0.1) is 0 Å². The first-order chi connectivity index (χ1) is 11.7. The number of aryl methyl sites for hydroxylation is 2. The van der Waals surface area contributed by atoms with E-state index in [4.69, 9.17) is 0 Å². The van der Waals surface area contributed by atoms with Crippen LogP contribution in [0.2, 0.25) is 0 Å². The van der Waals surface area contributed by atoms with Crippen molar-refractivity contribution >= 4 is 10.9 Å². The van der Waals surface area contributed by atoms with E-state index >= 15 is 0 Å². The Kier molecular flexibility index (Phi) is 2.94. The third-order valence-electron chi connectivity index (χ3n) is 5.53. The lowest BCUT2D eigenvalue weighted by Crippen LogP contribution is -2.10. The molecule has 0 radical (unpaired) electrons. The van der Waals surface area contributed by atoms with Crippen LogP contribution < -0.4 is 5.32 Å². The Hall–Kier alpha value is -2.40. The second-order valence-electron chi connectivity index (χ2n) is 7.14. The van der Waals surface area contributed by atoms with Crippen LogP contribution in [0.3, 0.4) is 0 Å². The molecule has 0 amide bonds. The summed E-state index contributed by atoms with van der Waals surface area (Å²) in [6.45, 7) is 4.41. The molecule has 5 rings (SSSR count). The van der Waals surface area contributed by atoms with E-state index in [2.05, 4.69) is 45.7 Å². The molecule has 1 aliphatic carbocycles. The van der Waals surface area contributed by atoms with Crippen LogP contribution in [0.5, 0.6) is 0 Å². The SMILES string of the molecule is Cc1cc2[nH]nc(-c3cnn(C)c3)c2cc1[C@@H]1C=C2CNC[C@H]2C1. The fourth-order valence-corrected chi connectivity index (χ4v) is 4.30. The maximum Gasteiger partial charge on any atom is 0.103 e. The molecule has 0 bridgehead atoms. The number of fused-ring (bicyclic) bond motifs is 2. The van der Waals surface area contributed by atoms with E-state index in [1.807, 2.05) is 24.1 Å². The average molecular weight is 319 g/mol. The van der Waals surface area contributed by atoms with Gasteiger partial charge in [0, 0.05) is 43.2 Å². The molecule has 0 spiro atoms. The summed E-state index contributed by atoms with van der Waals surface area (Å²) in [5.74, 6) is 1.26. The van der Waals surface area contributed by atoms with Crippen LogP contribution in [0.25, 0.3) is 22.2 Å². The number of aromatic nitrogens is 4. The van der Waals surface area contributed by atoms with Gasteiger partial charge in [-0.2, -0.15) is 10.2 Å². The number of nitrogens with zero attached hydrogens (tertiary/aromatic N) is 3. The average Bonchev–Trinajstić information content (AvgIpc) is 3.28. The smallest absolute Gasteiger partial charge is 0.103 e. The van der Waals surface area contributed by atoms with Crippen molar-refractivity contribution in [2.75, 3.05) is 13.1 Å². The maximum atomic E-state index is 4.54. The molecule has 0 saturated carbocycles. The van der Waals surface area contributed by atoms with Gasteiger partial charge in [-0.05, 0) is 42.5 Å². The first-order valence-corrected chi connectivity index (χ1v) is 8.58. The van der Waals surface area contributed by atoms with Gasteiger partial charge in [0.2, 0.25) is 0 Å². The number of hydrogen-bond donors (Lipinski definition) is 2. The van der Waals surface area contributed by atoms with E-state index in [1.165, 1.54) is 22.9 Å². The number of allylic oxidation sites excluding steroid dienone is 1. The molecule has 5 heteroatoms. The Balaban J connectivity index is 1.62. The van der Waals surface area contributed by atoms with Gasteiger partial charge in [0.1, 0.15) is 5.69 Å². The monoisotopic (exact) mass is 319 g/mol. The lowest BCUT2D eigenvalue weighted by Gasteiger charge is -2.14. The van der Waals surface area contributed by atoms with Crippen LogP contribution in [-0.4, -0.2) is 33.1 Å². The Bertz CT molecular complexity index is 961. The Labute approximate surface area is 140 Å². The first-order valence-electron chi connectivity index (χ1n) is 8.58. The predicted molar refractivity (Wildman–Crippen MR) is 94.8 cm³/mol. The molecule has 2 aliphatic rings. The molecule has 2 N–H and O–H groups in total. The summed E-state index contributed by atoms with van der Waals surface area (Å²) in [6.07, 6.45) is 7.61. The lowest BCUT2D eigenvalue weighted by atomic mass is 9.90. The zero-order valence-corrected chi connectivity index (χ0v) is 14.0. The molecule has 2 atom stereocenters. The Morgan fingerprint density at radius 3 is 3.00 bits per heavy atom. The van der Waals surface area contributed by atoms with Crippen LogP contribution >= 0.6 is 0 Å². The standard InChI is InChI=1S/C19H21N5/c1-11-3-18-17(19(23-22-18)15-9-21-24(2)10-15)6-16(11)12-4-13-7-20-8-14(13)5-12/h3-4,6,9-10,12,14,20H,5,7-8H2,1-2H3,(H,22,23)/t12-,14-/m1/s1. The predicted octanol–water partition coefficient (Wildman–Crippen LogP) is 2.90. The summed E-state index contributed by atoms with van der Waals surface area (Å²) in [4.78, 5) is 0. The van der Waals surface area contributed by atoms with Crippen molar-refractivity contribution < 1.29 is 0 Å². The number of H-pyrrole nitrogens is 1. The second-order valence-corrected chi connectivity index (χ2v) is 7.14. The Morgan fingerprint density at radius 2 is 2.21 bits per heavy atom. The number of benzene rings is 1. The second kappa shape index (κ2) is 5.05. The molecule has 1 aliphatic heterocycles. The fourth-order valence-electron chi connectivity index (χ4n) is 4.30. The topological polar surface area (TPSA) is 58.5 Å². The quantitative estimate of drug-likeness (QED) is 0.714. The largest absolute Gasteiger partial charge is 0.312 e. The fraction of sp³-hybridized carbons (Fsp3) is 0.368. The molecule has 5 nitrogen and oxygen atoms in total. The van der Waals surface area contributed by atoms with Crippen LogP contribution in [0.1, 0.15) is 23.5 Å². The number of aromatic amines is 1. The van der Waals surface area contributed by atoms with Crippen molar-refractivity contribution in [3.05, 3.63) is 47.3 Å². The highest BCUT2D eigenvalue weighted by atomic mass is 15.2. The molecule has 0 unspecified atom stereocenters. The van der Waals surface area contributed by atoms with Gasteiger partial charge in [-0.3, -0.25) is 9.78 Å². The van der Waals surface area contributed by atoms with Crippen LogP contribution in [0.4, 0.5) is 0 Å². The number of hydrogen-bond acceptors (Lipinski definition) is 3. The van der Waals surface area contributed by atoms with E-state index < -0.39 is 0 Å². The van der Waals surface area contributed by atoms with Crippen molar-refractivity contribution in [2.24, 2.45) is 13.0 Å². The highest BCUT2D eigenvalue weighted by Crippen LogP contribution is 2.41. The molecule has 2 aromatic heterocycles. The van der Waals surface area contributed by atoms with Gasteiger partial charge in [-0.1, -0.05) is 11.6 Å². The minimum atomic E-state index is 0.535. The summed E-state index contributed by atoms with van der Waals surface area (Å²) in [7, 11) is 1.94. The highest BCUT2D eigenvalue weighted by molar-refractivity contribution is 5.93. The van der Waals surface area contributed by atoms with Crippen molar-refractivity contribution in [3.8, 4) is 11.3 Å².